The molecule has 0 unspecified atom stereocenters. The lowest BCUT2D eigenvalue weighted by atomic mass is 9.95. The number of hydrogen-bond donors (Lipinski definition) is 0. The number of aromatic nitrogens is 2. The van der Waals surface area contributed by atoms with Crippen LogP contribution in [0.2, 0.25) is 0 Å². The van der Waals surface area contributed by atoms with Gasteiger partial charge in [-0.3, -0.25) is 9.36 Å². The summed E-state index contributed by atoms with van der Waals surface area (Å²) in [5.41, 5.74) is 4.33. The maximum absolute atomic E-state index is 14.0. The number of ether oxygens (including phenoxy) is 2. The average molecular weight is 571 g/mol. The number of nitrogens with zero attached hydrogens (tertiary/aromatic N) is 3. The number of aromatic carboxylic acids is 1. The van der Waals surface area contributed by atoms with E-state index in [1.165, 1.54) is 22.0 Å². The summed E-state index contributed by atoms with van der Waals surface area (Å²) in [6.45, 7) is 7.46. The fourth-order valence-corrected chi connectivity index (χ4v) is 6.26. The van der Waals surface area contributed by atoms with Crippen molar-refractivity contribution in [2.24, 2.45) is 4.99 Å². The quantitative estimate of drug-likeness (QED) is 0.316. The maximum Gasteiger partial charge on any atom is 0.338 e. The zero-order valence-electron chi connectivity index (χ0n) is 23.3. The van der Waals surface area contributed by atoms with Gasteiger partial charge < -0.3 is 23.9 Å². The maximum atomic E-state index is 14.0. The van der Waals surface area contributed by atoms with Crippen LogP contribution < -0.4 is 24.7 Å². The molecule has 1 atom stereocenters. The molecular formula is C31H28N3O6S-. The highest BCUT2D eigenvalue weighted by Crippen LogP contribution is 2.35. The number of fused-ring (bicyclic) bond motifs is 1. The number of aryl methyl sites for hydroxylation is 1. The van der Waals surface area contributed by atoms with Crippen LogP contribution in [0.3, 0.4) is 0 Å². The Hall–Kier alpha value is -4.70. The second kappa shape index (κ2) is 11.1. The monoisotopic (exact) mass is 570 g/mol. The van der Waals surface area contributed by atoms with Crippen LogP contribution in [-0.2, 0) is 9.53 Å². The number of carboxylic acids is 1. The first kappa shape index (κ1) is 27.9. The Morgan fingerprint density at radius 1 is 1.10 bits per heavy atom. The van der Waals surface area contributed by atoms with Gasteiger partial charge in [0.1, 0.15) is 11.8 Å². The molecule has 0 bridgehead atoms. The number of benzene rings is 2. The molecule has 9 nitrogen and oxygen atoms in total. The first-order valence-electron chi connectivity index (χ1n) is 13.0. The van der Waals surface area contributed by atoms with Gasteiger partial charge in [-0.2, -0.15) is 0 Å². The molecule has 210 valence electrons. The molecule has 0 amide bonds. The fraction of sp³-hybridized carbons (Fsp3) is 0.226. The molecule has 2 aromatic carbocycles. The van der Waals surface area contributed by atoms with Crippen molar-refractivity contribution in [1.29, 1.82) is 0 Å². The third kappa shape index (κ3) is 4.91. The summed E-state index contributed by atoms with van der Waals surface area (Å²) in [5, 5.41) is 11.4. The van der Waals surface area contributed by atoms with Gasteiger partial charge in [0.15, 0.2) is 4.80 Å². The highest BCUT2D eigenvalue weighted by molar-refractivity contribution is 7.07. The number of rotatable bonds is 7. The Morgan fingerprint density at radius 3 is 2.56 bits per heavy atom. The van der Waals surface area contributed by atoms with Gasteiger partial charge >= 0.3 is 5.97 Å². The number of esters is 1. The van der Waals surface area contributed by atoms with Gasteiger partial charge in [-0.1, -0.05) is 41.7 Å². The molecule has 1 aliphatic rings. The normalized spacial score (nSPS) is 15.0. The minimum atomic E-state index is -1.25. The molecule has 1 aliphatic heterocycles. The number of allylic oxidation sites excluding steroid dienone is 1. The fourth-order valence-electron chi connectivity index (χ4n) is 5.22. The molecule has 0 fully saturated rings. The molecule has 10 heteroatoms. The van der Waals surface area contributed by atoms with E-state index in [-0.39, 0.29) is 23.3 Å². The van der Waals surface area contributed by atoms with Gasteiger partial charge in [-0.15, -0.1) is 0 Å². The number of methoxy groups -OCH3 is 1. The van der Waals surface area contributed by atoms with Crippen LogP contribution in [-0.4, -0.2) is 34.8 Å². The van der Waals surface area contributed by atoms with Crippen molar-refractivity contribution in [2.45, 2.75) is 33.7 Å². The van der Waals surface area contributed by atoms with E-state index in [0.29, 0.717) is 32.0 Å². The Morgan fingerprint density at radius 2 is 1.85 bits per heavy atom. The minimum absolute atomic E-state index is 0.0778. The molecular weight excluding hydrogens is 542 g/mol. The lowest BCUT2D eigenvalue weighted by Gasteiger charge is -2.25. The predicted molar refractivity (Wildman–Crippen MR) is 153 cm³/mol. The van der Waals surface area contributed by atoms with E-state index >= 15 is 0 Å². The lowest BCUT2D eigenvalue weighted by molar-refractivity contribution is -0.255. The van der Waals surface area contributed by atoms with Crippen molar-refractivity contribution in [2.75, 3.05) is 13.7 Å². The lowest BCUT2D eigenvalue weighted by Crippen LogP contribution is -2.40. The Kier molecular flexibility index (Phi) is 7.51. The Balaban J connectivity index is 1.70. The van der Waals surface area contributed by atoms with Crippen molar-refractivity contribution in [1.82, 2.24) is 9.13 Å². The van der Waals surface area contributed by atoms with E-state index in [1.54, 1.807) is 45.2 Å². The first-order chi connectivity index (χ1) is 19.7. The highest BCUT2D eigenvalue weighted by Gasteiger charge is 2.35. The van der Waals surface area contributed by atoms with Crippen molar-refractivity contribution in [3.05, 3.63) is 114 Å². The van der Waals surface area contributed by atoms with E-state index in [4.69, 9.17) is 9.47 Å². The second-order valence-corrected chi connectivity index (χ2v) is 10.6. The highest BCUT2D eigenvalue weighted by atomic mass is 32.1. The molecule has 0 spiro atoms. The van der Waals surface area contributed by atoms with Crippen LogP contribution in [0.25, 0.3) is 11.8 Å². The number of para-hydroxylation sites is 1. The van der Waals surface area contributed by atoms with E-state index in [1.807, 2.05) is 48.7 Å². The van der Waals surface area contributed by atoms with Crippen molar-refractivity contribution < 1.29 is 24.2 Å². The van der Waals surface area contributed by atoms with Crippen LogP contribution >= 0.6 is 11.3 Å². The molecule has 41 heavy (non-hydrogen) atoms. The van der Waals surface area contributed by atoms with Crippen molar-refractivity contribution in [3.63, 3.8) is 0 Å². The summed E-state index contributed by atoms with van der Waals surface area (Å²) in [6.07, 6.45) is 1.80. The first-order valence-corrected chi connectivity index (χ1v) is 13.8. The van der Waals surface area contributed by atoms with E-state index in [2.05, 4.69) is 4.99 Å². The minimum Gasteiger partial charge on any atom is -0.545 e. The number of carbonyl (C=O) groups excluding carboxylic acids is 2. The number of carbonyl (C=O) groups is 2. The molecule has 0 aliphatic carbocycles. The Labute approximate surface area is 239 Å². The molecule has 0 N–H and O–H groups in total. The third-order valence-electron chi connectivity index (χ3n) is 7.05. The summed E-state index contributed by atoms with van der Waals surface area (Å²) in [4.78, 5) is 43.7. The summed E-state index contributed by atoms with van der Waals surface area (Å²) in [7, 11) is 1.54. The molecule has 0 saturated carbocycles. The predicted octanol–water partition coefficient (Wildman–Crippen LogP) is 2.58. The van der Waals surface area contributed by atoms with Gasteiger partial charge in [-0.05, 0) is 69.2 Å². The summed E-state index contributed by atoms with van der Waals surface area (Å²) in [6, 6.07) is 14.9. The van der Waals surface area contributed by atoms with Crippen molar-refractivity contribution >= 4 is 29.4 Å². The average Bonchev–Trinajstić information content (AvgIpc) is 3.41. The van der Waals surface area contributed by atoms with Crippen molar-refractivity contribution in [3.8, 4) is 11.4 Å². The topological polar surface area (TPSA) is 115 Å². The summed E-state index contributed by atoms with van der Waals surface area (Å²) >= 11 is 1.23. The molecule has 0 radical (unpaired) electrons. The number of hydrogen-bond acceptors (Lipinski definition) is 8. The standard InChI is InChI=1S/C31H29N3O6S/c1-6-40-30(38)26-18(3)32-31-34(27(26)23-12-7-8-13-24(23)39-5)28(35)25(41-31)16-21-14-17(2)33(19(21)4)22-11-9-10-20(15-22)29(36)37/h7-16,27H,6H2,1-5H3,(H,36,37)/p-1/b25-16-/t27-/m0/s1. The number of thiazole rings is 1. The van der Waals surface area contributed by atoms with Crippen LogP contribution in [0.15, 0.2) is 75.7 Å². The van der Waals surface area contributed by atoms with Crippen LogP contribution in [0, 0.1) is 13.8 Å². The third-order valence-corrected chi connectivity index (χ3v) is 8.03. The van der Waals surface area contributed by atoms with E-state index < -0.39 is 18.0 Å². The molecule has 4 aromatic rings. The molecule has 3 heterocycles. The Bertz CT molecular complexity index is 1910. The smallest absolute Gasteiger partial charge is 0.338 e. The molecule has 5 rings (SSSR count). The molecule has 0 saturated heterocycles. The largest absolute Gasteiger partial charge is 0.545 e. The SMILES string of the molecule is CCOC(=O)C1=C(C)N=c2s/c(=C\c3cc(C)n(-c4cccc(C(=O)[O-])c4)c3C)c(=O)n2[C@H]1c1ccccc1OC. The second-order valence-electron chi connectivity index (χ2n) is 9.54. The van der Waals surface area contributed by atoms with Gasteiger partial charge in [0.25, 0.3) is 5.56 Å². The zero-order valence-corrected chi connectivity index (χ0v) is 24.1. The van der Waals surface area contributed by atoms with Gasteiger partial charge in [0.05, 0.1) is 35.5 Å². The van der Waals surface area contributed by atoms with E-state index in [9.17, 15) is 19.5 Å². The van der Waals surface area contributed by atoms with Gasteiger partial charge in [0, 0.05) is 22.6 Å². The van der Waals surface area contributed by atoms with E-state index in [0.717, 1.165) is 17.0 Å². The van der Waals surface area contributed by atoms with Gasteiger partial charge in [-0.25, -0.2) is 9.79 Å². The summed E-state index contributed by atoms with van der Waals surface area (Å²) in [5.74, 6) is -1.26. The summed E-state index contributed by atoms with van der Waals surface area (Å²) < 4.78 is 14.9. The number of carboxylic acid groups (broad SMARTS) is 1. The van der Waals surface area contributed by atoms with Crippen LogP contribution in [0.5, 0.6) is 5.75 Å². The van der Waals surface area contributed by atoms with Crippen LogP contribution in [0.1, 0.15) is 52.8 Å². The zero-order chi connectivity index (χ0) is 29.4. The van der Waals surface area contributed by atoms with Gasteiger partial charge in [0.2, 0.25) is 0 Å². The molecule has 2 aromatic heterocycles. The van der Waals surface area contributed by atoms with Crippen LogP contribution in [0.4, 0.5) is 0 Å².